The van der Waals surface area contributed by atoms with Crippen molar-refractivity contribution in [3.05, 3.63) is 35.4 Å². The van der Waals surface area contributed by atoms with Crippen LogP contribution >= 0.6 is 0 Å². The van der Waals surface area contributed by atoms with E-state index in [0.29, 0.717) is 6.42 Å². The maximum absolute atomic E-state index is 10.7. The third-order valence-electron chi connectivity index (χ3n) is 2.68. The molecule has 0 aliphatic heterocycles. The molecule has 2 rings (SSSR count). The molecule has 1 aromatic carbocycles. The number of hydrogen-bond acceptors (Lipinski definition) is 2. The van der Waals surface area contributed by atoms with Crippen LogP contribution in [0, 0.1) is 5.92 Å². The number of rotatable bonds is 1. The van der Waals surface area contributed by atoms with Gasteiger partial charge in [0.2, 0.25) is 0 Å². The average Bonchev–Trinajstić information content (AvgIpc) is 2.17. The summed E-state index contributed by atoms with van der Waals surface area (Å²) in [5.74, 6) is -1.19. The number of benzene rings is 1. The zero-order valence-corrected chi connectivity index (χ0v) is 10.3. The van der Waals surface area contributed by atoms with Gasteiger partial charge >= 0.3 is 29.6 Å². The minimum absolute atomic E-state index is 0. The monoisotopic (exact) mass is 198 g/mol. The van der Waals surface area contributed by atoms with Gasteiger partial charge < -0.3 is 9.90 Å². The number of carbonyl (C=O) groups is 1. The van der Waals surface area contributed by atoms with Gasteiger partial charge in [-0.25, -0.2) is 0 Å². The summed E-state index contributed by atoms with van der Waals surface area (Å²) in [5.41, 5.74) is 2.46. The van der Waals surface area contributed by atoms with Crippen molar-refractivity contribution >= 4 is 5.97 Å². The van der Waals surface area contributed by atoms with E-state index in [1.54, 1.807) is 0 Å². The average molecular weight is 198 g/mol. The van der Waals surface area contributed by atoms with Gasteiger partial charge in [0.25, 0.3) is 0 Å². The molecular weight excluding hydrogens is 187 g/mol. The summed E-state index contributed by atoms with van der Waals surface area (Å²) in [5, 5.41) is 10.7. The zero-order chi connectivity index (χ0) is 9.26. The van der Waals surface area contributed by atoms with Gasteiger partial charge in [0.1, 0.15) is 0 Å². The van der Waals surface area contributed by atoms with E-state index in [0.717, 1.165) is 12.8 Å². The van der Waals surface area contributed by atoms with Crippen molar-refractivity contribution in [2.24, 2.45) is 5.92 Å². The number of hydrogen-bond donors (Lipinski definition) is 0. The summed E-state index contributed by atoms with van der Waals surface area (Å²) in [6.45, 7) is 0. The fraction of sp³-hybridized carbons (Fsp3) is 0.364. The number of carboxylic acid groups (broad SMARTS) is 1. The largest absolute Gasteiger partial charge is 1.00 e. The molecule has 0 saturated carbocycles. The molecule has 0 amide bonds. The van der Waals surface area contributed by atoms with Gasteiger partial charge in [0, 0.05) is 11.9 Å². The topological polar surface area (TPSA) is 40.1 Å². The first-order chi connectivity index (χ1) is 6.27. The van der Waals surface area contributed by atoms with Gasteiger partial charge in [-0.2, -0.15) is 0 Å². The molecule has 0 fully saturated rings. The predicted molar refractivity (Wildman–Crippen MR) is 47.0 cm³/mol. The van der Waals surface area contributed by atoms with E-state index in [1.165, 1.54) is 11.1 Å². The Morgan fingerprint density at radius 1 is 1.29 bits per heavy atom. The van der Waals surface area contributed by atoms with Crippen molar-refractivity contribution in [2.75, 3.05) is 0 Å². The minimum Gasteiger partial charge on any atom is -0.550 e. The summed E-state index contributed by atoms with van der Waals surface area (Å²) in [6, 6.07) is 8.03. The molecule has 0 N–H and O–H groups in total. The molecule has 3 heteroatoms. The van der Waals surface area contributed by atoms with Crippen LogP contribution in [0.4, 0.5) is 0 Å². The third-order valence-corrected chi connectivity index (χ3v) is 2.68. The van der Waals surface area contributed by atoms with E-state index < -0.39 is 5.97 Å². The molecule has 1 aromatic rings. The Bertz CT molecular complexity index is 336. The van der Waals surface area contributed by atoms with Crippen LogP contribution in [0.5, 0.6) is 0 Å². The van der Waals surface area contributed by atoms with Crippen LogP contribution in [0.25, 0.3) is 0 Å². The van der Waals surface area contributed by atoms with Gasteiger partial charge in [0.05, 0.1) is 0 Å². The van der Waals surface area contributed by atoms with Crippen molar-refractivity contribution in [2.45, 2.75) is 19.3 Å². The van der Waals surface area contributed by atoms with Crippen LogP contribution in [-0.2, 0) is 17.6 Å². The first-order valence-electron chi connectivity index (χ1n) is 4.55. The second kappa shape index (κ2) is 4.96. The van der Waals surface area contributed by atoms with Crippen LogP contribution in [-0.4, -0.2) is 5.97 Å². The fourth-order valence-corrected chi connectivity index (χ4v) is 1.90. The molecule has 1 atom stereocenters. The molecule has 68 valence electrons. The molecule has 1 unspecified atom stereocenters. The standard InChI is InChI=1S/C11H12O2.Na/c12-11(13)10-6-5-8-3-1-2-4-9(8)7-10;/h1-4,10H,5-7H2,(H,12,13);/q;+1/p-1. The van der Waals surface area contributed by atoms with Crippen molar-refractivity contribution < 1.29 is 39.5 Å². The normalized spacial score (nSPS) is 19.3. The molecular formula is C11H11NaO2. The number of carboxylic acids is 1. The van der Waals surface area contributed by atoms with Crippen LogP contribution < -0.4 is 34.7 Å². The number of carbonyl (C=O) groups excluding carboxylic acids is 1. The first kappa shape index (κ1) is 11.8. The Morgan fingerprint density at radius 2 is 1.93 bits per heavy atom. The molecule has 1 aliphatic rings. The maximum atomic E-state index is 10.7. The summed E-state index contributed by atoms with van der Waals surface area (Å²) in [7, 11) is 0. The van der Waals surface area contributed by atoms with Crippen LogP contribution in [0.15, 0.2) is 24.3 Å². The van der Waals surface area contributed by atoms with Gasteiger partial charge in [0.15, 0.2) is 0 Å². The summed E-state index contributed by atoms with van der Waals surface area (Å²) in [4.78, 5) is 10.7. The molecule has 14 heavy (non-hydrogen) atoms. The van der Waals surface area contributed by atoms with Gasteiger partial charge in [-0.1, -0.05) is 24.3 Å². The van der Waals surface area contributed by atoms with E-state index in [2.05, 4.69) is 6.07 Å². The van der Waals surface area contributed by atoms with E-state index in [1.807, 2.05) is 18.2 Å². The quantitative estimate of drug-likeness (QED) is 0.470. The summed E-state index contributed by atoms with van der Waals surface area (Å²) in [6.07, 6.45) is 2.23. The Kier molecular flexibility index (Phi) is 4.17. The van der Waals surface area contributed by atoms with Crippen molar-refractivity contribution in [1.82, 2.24) is 0 Å². The summed E-state index contributed by atoms with van der Waals surface area (Å²) < 4.78 is 0. The number of aryl methyl sites for hydroxylation is 1. The second-order valence-corrected chi connectivity index (χ2v) is 3.53. The predicted octanol–water partition coefficient (Wildman–Crippen LogP) is -2.45. The van der Waals surface area contributed by atoms with Crippen molar-refractivity contribution in [3.63, 3.8) is 0 Å². The Morgan fingerprint density at radius 3 is 2.57 bits per heavy atom. The molecule has 1 aliphatic carbocycles. The Balaban J connectivity index is 0.000000980. The van der Waals surface area contributed by atoms with Gasteiger partial charge in [-0.3, -0.25) is 0 Å². The fourth-order valence-electron chi connectivity index (χ4n) is 1.90. The number of fused-ring (bicyclic) bond motifs is 1. The molecule has 0 bridgehead atoms. The van der Waals surface area contributed by atoms with Crippen molar-refractivity contribution in [1.29, 1.82) is 0 Å². The Labute approximate surface area is 106 Å². The van der Waals surface area contributed by atoms with Gasteiger partial charge in [-0.15, -0.1) is 0 Å². The first-order valence-corrected chi connectivity index (χ1v) is 4.55. The minimum atomic E-state index is -0.908. The van der Waals surface area contributed by atoms with E-state index >= 15 is 0 Å². The van der Waals surface area contributed by atoms with E-state index in [9.17, 15) is 9.90 Å². The SMILES string of the molecule is O=C([O-])C1CCc2ccccc2C1.[Na+]. The van der Waals surface area contributed by atoms with Gasteiger partial charge in [-0.05, 0) is 30.4 Å². The number of aliphatic carboxylic acids is 1. The smallest absolute Gasteiger partial charge is 0.550 e. The Hall–Kier alpha value is -0.310. The maximum Gasteiger partial charge on any atom is 1.00 e. The molecule has 0 spiro atoms. The molecule has 0 radical (unpaired) electrons. The summed E-state index contributed by atoms with van der Waals surface area (Å²) >= 11 is 0. The molecule has 0 saturated heterocycles. The molecule has 0 aromatic heterocycles. The molecule has 2 nitrogen and oxygen atoms in total. The molecule has 0 heterocycles. The van der Waals surface area contributed by atoms with E-state index in [4.69, 9.17) is 0 Å². The van der Waals surface area contributed by atoms with Crippen LogP contribution in [0.1, 0.15) is 17.5 Å². The van der Waals surface area contributed by atoms with Crippen molar-refractivity contribution in [3.8, 4) is 0 Å². The van der Waals surface area contributed by atoms with E-state index in [-0.39, 0.29) is 35.5 Å². The third kappa shape index (κ3) is 2.38. The second-order valence-electron chi connectivity index (χ2n) is 3.53. The van der Waals surface area contributed by atoms with Crippen LogP contribution in [0.3, 0.4) is 0 Å². The zero-order valence-electron chi connectivity index (χ0n) is 8.32. The van der Waals surface area contributed by atoms with Crippen LogP contribution in [0.2, 0.25) is 0 Å².